The summed E-state index contributed by atoms with van der Waals surface area (Å²) in [4.78, 5) is 22.2. The van der Waals surface area contributed by atoms with E-state index in [4.69, 9.17) is 24.3 Å². The lowest BCUT2D eigenvalue weighted by Crippen LogP contribution is -2.28. The fourth-order valence-electron chi connectivity index (χ4n) is 4.90. The maximum absolute atomic E-state index is 12.4. The summed E-state index contributed by atoms with van der Waals surface area (Å²) in [6, 6.07) is 0. The van der Waals surface area contributed by atoms with Crippen molar-refractivity contribution in [2.45, 2.75) is 155 Å². The number of hydrogen-bond acceptors (Lipinski definition) is 7. The molecule has 0 aromatic heterocycles. The van der Waals surface area contributed by atoms with Crippen LogP contribution in [-0.2, 0) is 27.9 Å². The monoisotopic (exact) mass is 710 g/mol. The van der Waals surface area contributed by atoms with Crippen LogP contribution in [0.15, 0.2) is 60.8 Å². The van der Waals surface area contributed by atoms with Gasteiger partial charge >= 0.3 is 13.8 Å². The van der Waals surface area contributed by atoms with Crippen LogP contribution in [0.1, 0.15) is 149 Å². The van der Waals surface area contributed by atoms with Gasteiger partial charge in [-0.05, 0) is 57.8 Å². The molecule has 0 fully saturated rings. The Morgan fingerprint density at radius 3 is 1.71 bits per heavy atom. The SMILES string of the molecule is CC/C=C\C/C=C\C/C=C\C/C=C\C/C=C\CCCCCCCCCCOCC(COP(=O)(O)OCCN)OC(=O)CCCCCCCC. The van der Waals surface area contributed by atoms with Gasteiger partial charge in [0.05, 0.1) is 19.8 Å². The van der Waals surface area contributed by atoms with Crippen LogP contribution in [0.5, 0.6) is 0 Å². The smallest absolute Gasteiger partial charge is 0.457 e. The predicted octanol–water partition coefficient (Wildman–Crippen LogP) is 11.0. The van der Waals surface area contributed by atoms with E-state index in [9.17, 15) is 14.3 Å². The summed E-state index contributed by atoms with van der Waals surface area (Å²) in [6.45, 7) is 4.70. The summed E-state index contributed by atoms with van der Waals surface area (Å²) in [7, 11) is -4.27. The second-order valence-electron chi connectivity index (χ2n) is 12.4. The van der Waals surface area contributed by atoms with Gasteiger partial charge in [-0.15, -0.1) is 0 Å². The highest BCUT2D eigenvalue weighted by Crippen LogP contribution is 2.43. The van der Waals surface area contributed by atoms with Gasteiger partial charge in [0.2, 0.25) is 0 Å². The third-order valence-electron chi connectivity index (χ3n) is 7.70. The zero-order valence-corrected chi connectivity index (χ0v) is 32.1. The molecule has 0 rings (SSSR count). The molecule has 9 heteroatoms. The first-order chi connectivity index (χ1) is 23.9. The number of ether oxygens (including phenoxy) is 2. The van der Waals surface area contributed by atoms with Crippen molar-refractivity contribution in [2.24, 2.45) is 5.73 Å². The Kier molecular flexibility index (Phi) is 36.1. The fraction of sp³-hybridized carbons (Fsp3) is 0.725. The van der Waals surface area contributed by atoms with E-state index in [0.717, 1.165) is 70.6 Å². The number of nitrogens with two attached hydrogens (primary N) is 1. The van der Waals surface area contributed by atoms with Gasteiger partial charge < -0.3 is 20.1 Å². The van der Waals surface area contributed by atoms with Crippen molar-refractivity contribution in [1.29, 1.82) is 0 Å². The third kappa shape index (κ3) is 37.3. The summed E-state index contributed by atoms with van der Waals surface area (Å²) in [5.74, 6) is -0.346. The van der Waals surface area contributed by atoms with Gasteiger partial charge in [0.25, 0.3) is 0 Å². The van der Waals surface area contributed by atoms with Crippen molar-refractivity contribution < 1.29 is 32.8 Å². The van der Waals surface area contributed by atoms with E-state index in [1.54, 1.807) is 0 Å². The van der Waals surface area contributed by atoms with Gasteiger partial charge in [-0.2, -0.15) is 0 Å². The number of carbonyl (C=O) groups excluding carboxylic acids is 1. The van der Waals surface area contributed by atoms with Crippen molar-refractivity contribution in [3.63, 3.8) is 0 Å². The quantitative estimate of drug-likeness (QED) is 0.0286. The number of phosphoric ester groups is 1. The number of rotatable bonds is 36. The maximum Gasteiger partial charge on any atom is 0.472 e. The van der Waals surface area contributed by atoms with Crippen LogP contribution >= 0.6 is 7.82 Å². The normalized spacial score (nSPS) is 14.3. The highest BCUT2D eigenvalue weighted by Gasteiger charge is 2.25. The molecule has 284 valence electrons. The first-order valence-corrected chi connectivity index (χ1v) is 20.8. The standard InChI is InChI=1S/C40H72NO7P/c1-3-5-7-9-11-12-13-14-15-16-17-18-19-20-21-22-23-24-25-26-27-28-30-32-35-45-37-39(38-47-49(43,44)46-36-34-41)48-40(42)33-31-29-10-8-6-4-2/h5,7,11-12,14-15,17-18,20-21,39H,3-4,6,8-10,13,16,19,22-38,41H2,1-2H3,(H,43,44)/b7-5-,12-11-,15-14-,18-17-,21-20-. The van der Waals surface area contributed by atoms with Crippen LogP contribution in [0.4, 0.5) is 0 Å². The van der Waals surface area contributed by atoms with Crippen molar-refractivity contribution in [3.05, 3.63) is 60.8 Å². The Morgan fingerprint density at radius 2 is 1.14 bits per heavy atom. The Balaban J connectivity index is 3.92. The third-order valence-corrected chi connectivity index (χ3v) is 8.68. The lowest BCUT2D eigenvalue weighted by molar-refractivity contribution is -0.154. The Labute approximate surface area is 300 Å². The summed E-state index contributed by atoms with van der Waals surface area (Å²) in [5, 5.41) is 0. The van der Waals surface area contributed by atoms with Crippen LogP contribution in [-0.4, -0.2) is 49.9 Å². The van der Waals surface area contributed by atoms with Gasteiger partial charge in [-0.3, -0.25) is 13.8 Å². The molecule has 0 bridgehead atoms. The molecule has 0 amide bonds. The summed E-state index contributed by atoms with van der Waals surface area (Å²) < 4.78 is 33.1. The lowest BCUT2D eigenvalue weighted by Gasteiger charge is -2.20. The van der Waals surface area contributed by atoms with E-state index in [1.165, 1.54) is 57.8 Å². The molecular formula is C40H72NO7P. The van der Waals surface area contributed by atoms with Crippen LogP contribution in [0.25, 0.3) is 0 Å². The van der Waals surface area contributed by atoms with Gasteiger partial charge in [0, 0.05) is 19.6 Å². The second-order valence-corrected chi connectivity index (χ2v) is 13.9. The molecule has 0 radical (unpaired) electrons. The summed E-state index contributed by atoms with van der Waals surface area (Å²) in [5.41, 5.74) is 5.33. The molecule has 2 unspecified atom stereocenters. The molecule has 0 aromatic rings. The van der Waals surface area contributed by atoms with Crippen molar-refractivity contribution in [2.75, 3.05) is 33.0 Å². The molecule has 3 N–H and O–H groups in total. The van der Waals surface area contributed by atoms with E-state index < -0.39 is 13.9 Å². The predicted molar refractivity (Wildman–Crippen MR) is 205 cm³/mol. The van der Waals surface area contributed by atoms with E-state index >= 15 is 0 Å². The van der Waals surface area contributed by atoms with E-state index in [1.807, 2.05) is 0 Å². The molecule has 0 aliphatic heterocycles. The van der Waals surface area contributed by atoms with Crippen LogP contribution < -0.4 is 5.73 Å². The Bertz CT molecular complexity index is 932. The number of esters is 1. The molecule has 0 aliphatic rings. The number of unbranched alkanes of at least 4 members (excludes halogenated alkanes) is 13. The molecule has 2 atom stereocenters. The minimum absolute atomic E-state index is 0.0967. The molecule has 0 heterocycles. The molecule has 49 heavy (non-hydrogen) atoms. The minimum atomic E-state index is -4.27. The molecular weight excluding hydrogens is 637 g/mol. The maximum atomic E-state index is 12.4. The number of phosphoric acid groups is 1. The van der Waals surface area contributed by atoms with Crippen LogP contribution in [0.2, 0.25) is 0 Å². The first-order valence-electron chi connectivity index (χ1n) is 19.3. The van der Waals surface area contributed by atoms with Gasteiger partial charge in [0.15, 0.2) is 0 Å². The van der Waals surface area contributed by atoms with Gasteiger partial charge in [-0.25, -0.2) is 4.57 Å². The van der Waals surface area contributed by atoms with Crippen LogP contribution in [0.3, 0.4) is 0 Å². The number of hydrogen-bond donors (Lipinski definition) is 2. The van der Waals surface area contributed by atoms with E-state index in [0.29, 0.717) is 13.0 Å². The van der Waals surface area contributed by atoms with E-state index in [-0.39, 0.29) is 32.3 Å². The Hall–Kier alpha value is -1.80. The zero-order chi connectivity index (χ0) is 35.9. The van der Waals surface area contributed by atoms with Crippen molar-refractivity contribution in [3.8, 4) is 0 Å². The number of carbonyl (C=O) groups is 1. The number of allylic oxidation sites excluding steroid dienone is 10. The molecule has 0 saturated carbocycles. The lowest BCUT2D eigenvalue weighted by atomic mass is 10.1. The van der Waals surface area contributed by atoms with Crippen molar-refractivity contribution >= 4 is 13.8 Å². The highest BCUT2D eigenvalue weighted by atomic mass is 31.2. The first kappa shape index (κ1) is 47.2. The average Bonchev–Trinajstić information content (AvgIpc) is 3.09. The Morgan fingerprint density at radius 1 is 0.633 bits per heavy atom. The van der Waals surface area contributed by atoms with E-state index in [2.05, 4.69) is 74.6 Å². The van der Waals surface area contributed by atoms with Gasteiger partial charge in [0.1, 0.15) is 6.10 Å². The molecule has 8 nitrogen and oxygen atoms in total. The summed E-state index contributed by atoms with van der Waals surface area (Å²) in [6.07, 6.45) is 44.1. The topological polar surface area (TPSA) is 117 Å². The van der Waals surface area contributed by atoms with Gasteiger partial charge in [-0.1, -0.05) is 145 Å². The van der Waals surface area contributed by atoms with Crippen molar-refractivity contribution in [1.82, 2.24) is 0 Å². The largest absolute Gasteiger partial charge is 0.472 e. The van der Waals surface area contributed by atoms with Crippen LogP contribution in [0, 0.1) is 0 Å². The second kappa shape index (κ2) is 37.5. The highest BCUT2D eigenvalue weighted by molar-refractivity contribution is 7.47. The summed E-state index contributed by atoms with van der Waals surface area (Å²) >= 11 is 0. The molecule has 0 aliphatic carbocycles. The molecule has 0 aromatic carbocycles. The fourth-order valence-corrected chi connectivity index (χ4v) is 5.67. The average molecular weight is 710 g/mol. The molecule has 0 spiro atoms. The minimum Gasteiger partial charge on any atom is -0.457 e. The molecule has 0 saturated heterocycles. The zero-order valence-electron chi connectivity index (χ0n) is 31.2.